The van der Waals surface area contributed by atoms with Gasteiger partial charge >= 0.3 is 0 Å². The summed E-state index contributed by atoms with van der Waals surface area (Å²) >= 11 is 0. The molecule has 0 aromatic rings. The Kier molecular flexibility index (Phi) is 5.22. The molecule has 0 bridgehead atoms. The minimum atomic E-state index is -0.350. The summed E-state index contributed by atoms with van der Waals surface area (Å²) in [5.74, 6) is 0.505. The Bertz CT molecular complexity index is 267. The van der Waals surface area contributed by atoms with Gasteiger partial charge in [0, 0.05) is 19.7 Å². The van der Waals surface area contributed by atoms with Crippen molar-refractivity contribution in [1.29, 1.82) is 0 Å². The second-order valence-electron chi connectivity index (χ2n) is 5.30. The Morgan fingerprint density at radius 3 is 2.88 bits per heavy atom. The van der Waals surface area contributed by atoms with Crippen LogP contribution in [0.2, 0.25) is 0 Å². The number of likely N-dealkylation sites (tertiary alicyclic amines) is 1. The number of nitrogens with one attached hydrogen (secondary N) is 1. The van der Waals surface area contributed by atoms with Crippen LogP contribution in [0.15, 0.2) is 0 Å². The molecule has 2 heterocycles. The van der Waals surface area contributed by atoms with E-state index in [1.54, 1.807) is 0 Å². The Morgan fingerprint density at radius 2 is 2.29 bits per heavy atom. The molecule has 2 atom stereocenters. The summed E-state index contributed by atoms with van der Waals surface area (Å²) in [6, 6.07) is 0. The number of carbonyl (C=O) groups is 1. The second kappa shape index (κ2) is 6.03. The van der Waals surface area contributed by atoms with Crippen molar-refractivity contribution in [3.05, 3.63) is 0 Å². The van der Waals surface area contributed by atoms with Gasteiger partial charge in [-0.15, -0.1) is 12.4 Å². The highest BCUT2D eigenvalue weighted by atomic mass is 35.5. The van der Waals surface area contributed by atoms with Crippen LogP contribution >= 0.6 is 12.4 Å². The maximum absolute atomic E-state index is 12.4. The molecular weight excluding hydrogens is 240 g/mol. The van der Waals surface area contributed by atoms with Crippen molar-refractivity contribution in [2.24, 2.45) is 5.92 Å². The van der Waals surface area contributed by atoms with E-state index in [-0.39, 0.29) is 36.4 Å². The summed E-state index contributed by atoms with van der Waals surface area (Å²) < 4.78 is 0. The highest BCUT2D eigenvalue weighted by Gasteiger charge is 2.39. The molecule has 4 nitrogen and oxygen atoms in total. The number of piperidine rings is 1. The first-order valence-corrected chi connectivity index (χ1v) is 6.31. The van der Waals surface area contributed by atoms with Gasteiger partial charge in [-0.3, -0.25) is 4.79 Å². The van der Waals surface area contributed by atoms with Crippen LogP contribution in [-0.2, 0) is 4.79 Å². The average Bonchev–Trinajstić information content (AvgIpc) is 2.76. The lowest BCUT2D eigenvalue weighted by molar-refractivity contribution is -0.139. The SMILES string of the molecule is CC1(C(=O)N2CCCC(CO)C2)CCCN1.Cl. The average molecular weight is 263 g/mol. The van der Waals surface area contributed by atoms with Gasteiger partial charge in [-0.2, -0.15) is 0 Å². The summed E-state index contributed by atoms with van der Waals surface area (Å²) in [6.45, 7) is 4.73. The summed E-state index contributed by atoms with van der Waals surface area (Å²) in [6.07, 6.45) is 4.09. The van der Waals surface area contributed by atoms with Crippen molar-refractivity contribution in [3.63, 3.8) is 0 Å². The molecule has 2 aliphatic rings. The summed E-state index contributed by atoms with van der Waals surface area (Å²) in [7, 11) is 0. The number of carbonyl (C=O) groups excluding carboxylic acids is 1. The predicted octanol–water partition coefficient (Wildman–Crippen LogP) is 0.781. The maximum Gasteiger partial charge on any atom is 0.242 e. The van der Waals surface area contributed by atoms with Crippen LogP contribution in [0, 0.1) is 5.92 Å². The molecule has 0 spiro atoms. The van der Waals surface area contributed by atoms with Crippen LogP contribution in [-0.4, -0.2) is 47.7 Å². The monoisotopic (exact) mass is 262 g/mol. The lowest BCUT2D eigenvalue weighted by Gasteiger charge is -2.37. The summed E-state index contributed by atoms with van der Waals surface area (Å²) in [5.41, 5.74) is -0.350. The third-order valence-electron chi connectivity index (χ3n) is 3.91. The molecule has 2 saturated heterocycles. The molecule has 0 aromatic carbocycles. The summed E-state index contributed by atoms with van der Waals surface area (Å²) in [5, 5.41) is 12.5. The van der Waals surface area contributed by atoms with Crippen LogP contribution < -0.4 is 5.32 Å². The fourth-order valence-electron chi connectivity index (χ4n) is 2.82. The molecule has 2 rings (SSSR count). The van der Waals surface area contributed by atoms with Gasteiger partial charge in [0.05, 0.1) is 5.54 Å². The number of aliphatic hydroxyl groups excluding tert-OH is 1. The smallest absolute Gasteiger partial charge is 0.242 e. The van der Waals surface area contributed by atoms with E-state index in [4.69, 9.17) is 5.11 Å². The Labute approximate surface area is 109 Å². The van der Waals surface area contributed by atoms with E-state index >= 15 is 0 Å². The van der Waals surface area contributed by atoms with E-state index in [0.29, 0.717) is 0 Å². The topological polar surface area (TPSA) is 52.6 Å². The van der Waals surface area contributed by atoms with Crippen LogP contribution in [0.25, 0.3) is 0 Å². The van der Waals surface area contributed by atoms with E-state index in [1.165, 1.54) is 0 Å². The molecule has 2 N–H and O–H groups in total. The molecule has 0 saturated carbocycles. The normalized spacial score (nSPS) is 33.3. The molecule has 0 aliphatic carbocycles. The number of amides is 1. The molecule has 17 heavy (non-hydrogen) atoms. The molecule has 0 aromatic heterocycles. The van der Waals surface area contributed by atoms with E-state index in [1.807, 2.05) is 11.8 Å². The third-order valence-corrected chi connectivity index (χ3v) is 3.91. The van der Waals surface area contributed by atoms with Gasteiger partial charge in [0.1, 0.15) is 0 Å². The highest BCUT2D eigenvalue weighted by Crippen LogP contribution is 2.24. The number of hydrogen-bond acceptors (Lipinski definition) is 3. The molecule has 5 heteroatoms. The minimum Gasteiger partial charge on any atom is -0.396 e. The van der Waals surface area contributed by atoms with Crippen molar-refractivity contribution >= 4 is 18.3 Å². The Morgan fingerprint density at radius 1 is 1.53 bits per heavy atom. The van der Waals surface area contributed by atoms with Crippen molar-refractivity contribution in [2.45, 2.75) is 38.1 Å². The van der Waals surface area contributed by atoms with Crippen molar-refractivity contribution in [3.8, 4) is 0 Å². The van der Waals surface area contributed by atoms with Crippen LogP contribution in [0.4, 0.5) is 0 Å². The first-order valence-electron chi connectivity index (χ1n) is 6.31. The van der Waals surface area contributed by atoms with Crippen molar-refractivity contribution in [1.82, 2.24) is 10.2 Å². The molecule has 2 aliphatic heterocycles. The number of nitrogens with zero attached hydrogens (tertiary/aromatic N) is 1. The molecule has 2 unspecified atom stereocenters. The summed E-state index contributed by atoms with van der Waals surface area (Å²) in [4.78, 5) is 14.3. The van der Waals surface area contributed by atoms with Gasteiger partial charge < -0.3 is 15.3 Å². The van der Waals surface area contributed by atoms with Gasteiger partial charge in [0.15, 0.2) is 0 Å². The lowest BCUT2D eigenvalue weighted by atomic mass is 9.94. The van der Waals surface area contributed by atoms with Crippen LogP contribution in [0.5, 0.6) is 0 Å². The van der Waals surface area contributed by atoms with Crippen LogP contribution in [0.1, 0.15) is 32.6 Å². The van der Waals surface area contributed by atoms with Gasteiger partial charge in [-0.1, -0.05) is 0 Å². The zero-order chi connectivity index (χ0) is 11.6. The van der Waals surface area contributed by atoms with Crippen molar-refractivity contribution in [2.75, 3.05) is 26.2 Å². The van der Waals surface area contributed by atoms with Gasteiger partial charge in [-0.05, 0) is 45.1 Å². The molecule has 2 fully saturated rings. The molecule has 0 radical (unpaired) electrons. The quantitative estimate of drug-likeness (QED) is 0.773. The number of aliphatic hydroxyl groups is 1. The predicted molar refractivity (Wildman–Crippen MR) is 69.3 cm³/mol. The number of rotatable bonds is 2. The zero-order valence-electron chi connectivity index (χ0n) is 10.4. The van der Waals surface area contributed by atoms with Gasteiger partial charge in [0.25, 0.3) is 0 Å². The van der Waals surface area contributed by atoms with Crippen LogP contribution in [0.3, 0.4) is 0 Å². The zero-order valence-corrected chi connectivity index (χ0v) is 11.3. The number of hydrogen-bond donors (Lipinski definition) is 2. The van der Waals surface area contributed by atoms with E-state index in [0.717, 1.165) is 45.3 Å². The van der Waals surface area contributed by atoms with Gasteiger partial charge in [0.2, 0.25) is 5.91 Å². The maximum atomic E-state index is 12.4. The number of halogens is 1. The van der Waals surface area contributed by atoms with Gasteiger partial charge in [-0.25, -0.2) is 0 Å². The first kappa shape index (κ1) is 14.7. The fraction of sp³-hybridized carbons (Fsp3) is 0.917. The fourth-order valence-corrected chi connectivity index (χ4v) is 2.82. The van der Waals surface area contributed by atoms with E-state index in [9.17, 15) is 4.79 Å². The van der Waals surface area contributed by atoms with Crippen molar-refractivity contribution < 1.29 is 9.90 Å². The molecule has 1 amide bonds. The molecular formula is C12H23ClN2O2. The Hall–Kier alpha value is -0.320. The lowest BCUT2D eigenvalue weighted by Crippen LogP contribution is -2.55. The Balaban J connectivity index is 0.00000144. The standard InChI is InChI=1S/C12H22N2O2.ClH/c1-12(5-3-6-13-12)11(16)14-7-2-4-10(8-14)9-15;/h10,13,15H,2-9H2,1H3;1H. The highest BCUT2D eigenvalue weighted by molar-refractivity contribution is 5.86. The third kappa shape index (κ3) is 3.12. The van der Waals surface area contributed by atoms with E-state index in [2.05, 4.69) is 5.32 Å². The molecule has 100 valence electrons. The van der Waals surface area contributed by atoms with E-state index < -0.39 is 0 Å². The largest absolute Gasteiger partial charge is 0.396 e. The second-order valence-corrected chi connectivity index (χ2v) is 5.30. The first-order chi connectivity index (χ1) is 7.65. The minimum absolute atomic E-state index is 0.